The number of aromatic nitrogens is 1. The summed E-state index contributed by atoms with van der Waals surface area (Å²) in [4.78, 5) is 26.3. The molecule has 1 aliphatic carbocycles. The highest BCUT2D eigenvalue weighted by atomic mass is 19.1. The summed E-state index contributed by atoms with van der Waals surface area (Å²) >= 11 is 0. The van der Waals surface area contributed by atoms with E-state index < -0.39 is 17.2 Å². The molecule has 5 nitrogen and oxygen atoms in total. The summed E-state index contributed by atoms with van der Waals surface area (Å²) in [5.41, 5.74) is 1.94. The van der Waals surface area contributed by atoms with Crippen LogP contribution in [0.2, 0.25) is 0 Å². The number of nitrogens with zero attached hydrogens (tertiary/aromatic N) is 2. The Balaban J connectivity index is 1.89. The molecule has 0 bridgehead atoms. The van der Waals surface area contributed by atoms with Crippen LogP contribution in [0.25, 0.3) is 17.0 Å². The first-order chi connectivity index (χ1) is 13.0. The lowest BCUT2D eigenvalue weighted by Crippen LogP contribution is -2.30. The summed E-state index contributed by atoms with van der Waals surface area (Å²) in [6, 6.07) is 1.54. The van der Waals surface area contributed by atoms with Gasteiger partial charge in [-0.1, -0.05) is 24.3 Å². The Kier molecular flexibility index (Phi) is 3.35. The molecule has 27 heavy (non-hydrogen) atoms. The summed E-state index contributed by atoms with van der Waals surface area (Å²) in [5.74, 6) is -1.76. The molecule has 1 N–H and O–H groups in total. The molecule has 1 atom stereocenters. The van der Waals surface area contributed by atoms with Gasteiger partial charge in [-0.15, -0.1) is 0 Å². The topological polar surface area (TPSA) is 62.5 Å². The molecule has 0 radical (unpaired) electrons. The molecule has 2 aliphatic heterocycles. The first kappa shape index (κ1) is 16.3. The van der Waals surface area contributed by atoms with E-state index in [1.807, 2.05) is 21.6 Å². The van der Waals surface area contributed by atoms with Gasteiger partial charge in [-0.05, 0) is 31.7 Å². The molecular weight excluding hydrogens is 347 g/mol. The molecule has 1 aromatic carbocycles. The van der Waals surface area contributed by atoms with Crippen molar-refractivity contribution in [3.8, 4) is 0 Å². The maximum absolute atomic E-state index is 15.2. The van der Waals surface area contributed by atoms with E-state index in [0.717, 1.165) is 31.3 Å². The van der Waals surface area contributed by atoms with Crippen LogP contribution < -0.4 is 10.3 Å². The van der Waals surface area contributed by atoms with Gasteiger partial charge in [0.2, 0.25) is 5.43 Å². The van der Waals surface area contributed by atoms with Gasteiger partial charge in [0.05, 0.1) is 16.6 Å². The first-order valence-corrected chi connectivity index (χ1v) is 9.20. The van der Waals surface area contributed by atoms with E-state index in [1.165, 1.54) is 12.3 Å². The van der Waals surface area contributed by atoms with Gasteiger partial charge in [0.15, 0.2) is 0 Å². The highest BCUT2D eigenvalue weighted by Gasteiger charge is 2.34. The molecule has 5 rings (SSSR count). The van der Waals surface area contributed by atoms with Gasteiger partial charge < -0.3 is 14.6 Å². The fraction of sp³-hybridized carbons (Fsp3) is 0.333. The number of pyridine rings is 1. The van der Waals surface area contributed by atoms with E-state index >= 15 is 4.39 Å². The molecule has 1 aromatic heterocycles. The van der Waals surface area contributed by atoms with Crippen LogP contribution in [0.4, 0.5) is 10.1 Å². The molecule has 1 saturated carbocycles. The van der Waals surface area contributed by atoms with Crippen LogP contribution in [0.3, 0.4) is 0 Å². The number of hydrogen-bond acceptors (Lipinski definition) is 3. The number of anilines is 1. The summed E-state index contributed by atoms with van der Waals surface area (Å²) in [5, 5.41) is 9.56. The normalized spacial score (nSPS) is 21.3. The second-order valence-electron chi connectivity index (χ2n) is 7.71. The molecule has 138 valence electrons. The predicted molar refractivity (Wildman–Crippen MR) is 102 cm³/mol. The number of aromatic carboxylic acids is 1. The van der Waals surface area contributed by atoms with Gasteiger partial charge in [-0.25, -0.2) is 9.18 Å². The van der Waals surface area contributed by atoms with Crippen molar-refractivity contribution < 1.29 is 14.3 Å². The molecule has 1 saturated heterocycles. The van der Waals surface area contributed by atoms with Crippen LogP contribution in [0.1, 0.15) is 47.6 Å². The van der Waals surface area contributed by atoms with Gasteiger partial charge in [0.1, 0.15) is 11.4 Å². The van der Waals surface area contributed by atoms with Crippen molar-refractivity contribution in [3.05, 3.63) is 57.7 Å². The molecule has 2 fully saturated rings. The van der Waals surface area contributed by atoms with Crippen LogP contribution in [-0.4, -0.2) is 28.2 Å². The zero-order chi connectivity index (χ0) is 18.9. The second kappa shape index (κ2) is 5.55. The molecule has 0 unspecified atom stereocenters. The zero-order valence-electron chi connectivity index (χ0n) is 14.7. The average molecular weight is 366 g/mol. The van der Waals surface area contributed by atoms with Crippen LogP contribution in [0, 0.1) is 5.82 Å². The number of carbonyl (C=O) groups is 1. The lowest BCUT2D eigenvalue weighted by atomic mass is 10.0. The summed E-state index contributed by atoms with van der Waals surface area (Å²) in [6.45, 7) is 4.67. The molecular formula is C21H19FN2O3. The Morgan fingerprint density at radius 1 is 1.30 bits per heavy atom. The lowest BCUT2D eigenvalue weighted by Gasteiger charge is -2.27. The number of hydrogen-bond donors (Lipinski definition) is 1. The quantitative estimate of drug-likeness (QED) is 0.823. The Labute approximate surface area is 155 Å². The smallest absolute Gasteiger partial charge is 0.341 e. The minimum Gasteiger partial charge on any atom is -0.477 e. The first-order valence-electron chi connectivity index (χ1n) is 9.20. The fourth-order valence-electron chi connectivity index (χ4n) is 4.44. The minimum absolute atomic E-state index is 0.138. The summed E-state index contributed by atoms with van der Waals surface area (Å²) < 4.78 is 17.1. The largest absolute Gasteiger partial charge is 0.477 e. The third-order valence-electron chi connectivity index (χ3n) is 5.79. The maximum Gasteiger partial charge on any atom is 0.341 e. The third kappa shape index (κ3) is 2.36. The average Bonchev–Trinajstić information content (AvgIpc) is 3.40. The molecule has 0 spiro atoms. The number of halogens is 1. The van der Waals surface area contributed by atoms with E-state index in [-0.39, 0.29) is 23.0 Å². The molecule has 3 heterocycles. The molecule has 6 heteroatoms. The van der Waals surface area contributed by atoms with Crippen molar-refractivity contribution in [1.29, 1.82) is 0 Å². The number of carboxylic acid groups (broad SMARTS) is 1. The SMILES string of the molecule is C=C1C[C@H]2CC=Cc3c(c(F)cc4c(=O)c(C(=O)O)cn(C5CC5)c34)N2C1. The Morgan fingerprint density at radius 3 is 2.78 bits per heavy atom. The number of benzene rings is 1. The van der Waals surface area contributed by atoms with Crippen molar-refractivity contribution >= 4 is 28.6 Å². The van der Waals surface area contributed by atoms with Crippen molar-refractivity contribution in [2.45, 2.75) is 37.8 Å². The van der Waals surface area contributed by atoms with Crippen molar-refractivity contribution in [2.24, 2.45) is 0 Å². The Morgan fingerprint density at radius 2 is 2.07 bits per heavy atom. The van der Waals surface area contributed by atoms with Crippen LogP contribution >= 0.6 is 0 Å². The van der Waals surface area contributed by atoms with E-state index in [0.29, 0.717) is 23.3 Å². The van der Waals surface area contributed by atoms with Gasteiger partial charge in [0.25, 0.3) is 0 Å². The van der Waals surface area contributed by atoms with Crippen molar-refractivity contribution in [1.82, 2.24) is 4.57 Å². The number of carboxylic acids is 1. The second-order valence-corrected chi connectivity index (χ2v) is 7.71. The highest BCUT2D eigenvalue weighted by Crippen LogP contribution is 2.43. The third-order valence-corrected chi connectivity index (χ3v) is 5.79. The van der Waals surface area contributed by atoms with E-state index in [1.54, 1.807) is 0 Å². The van der Waals surface area contributed by atoms with E-state index in [2.05, 4.69) is 6.58 Å². The number of rotatable bonds is 2. The standard InChI is InChI=1S/C21H19FN2O3/c1-11-7-13-3-2-4-14-18-15(8-17(22)19(14)23(13)9-11)20(25)16(21(26)27)10-24(18)12-5-6-12/h2,4,8,10,12-13H,1,3,5-7,9H2,(H,26,27)/t13-/m1/s1. The summed E-state index contributed by atoms with van der Waals surface area (Å²) in [7, 11) is 0. The van der Waals surface area contributed by atoms with Crippen LogP contribution in [0.5, 0.6) is 0 Å². The van der Waals surface area contributed by atoms with E-state index in [4.69, 9.17) is 0 Å². The van der Waals surface area contributed by atoms with Gasteiger partial charge >= 0.3 is 5.97 Å². The van der Waals surface area contributed by atoms with Crippen molar-refractivity contribution in [3.63, 3.8) is 0 Å². The van der Waals surface area contributed by atoms with Gasteiger partial charge in [0, 0.05) is 30.4 Å². The van der Waals surface area contributed by atoms with Gasteiger partial charge in [-0.2, -0.15) is 0 Å². The zero-order valence-corrected chi connectivity index (χ0v) is 14.7. The summed E-state index contributed by atoms with van der Waals surface area (Å²) in [6.07, 6.45) is 8.81. The molecule has 0 amide bonds. The van der Waals surface area contributed by atoms with Crippen LogP contribution in [0.15, 0.2) is 35.3 Å². The molecule has 2 aromatic rings. The Bertz CT molecular complexity index is 1110. The molecule has 3 aliphatic rings. The maximum atomic E-state index is 15.2. The Hall–Kier alpha value is -2.89. The minimum atomic E-state index is -1.28. The van der Waals surface area contributed by atoms with Crippen LogP contribution in [-0.2, 0) is 0 Å². The predicted octanol–water partition coefficient (Wildman–Crippen LogP) is 3.73. The monoisotopic (exact) mass is 366 g/mol. The van der Waals surface area contributed by atoms with Crippen molar-refractivity contribution in [2.75, 3.05) is 11.4 Å². The highest BCUT2D eigenvalue weighted by molar-refractivity contribution is 5.98. The van der Waals surface area contributed by atoms with E-state index in [9.17, 15) is 14.7 Å². The number of fused-ring (bicyclic) bond motifs is 5. The lowest BCUT2D eigenvalue weighted by molar-refractivity contribution is 0.0695. The van der Waals surface area contributed by atoms with Gasteiger partial charge in [-0.3, -0.25) is 4.79 Å². The fourth-order valence-corrected chi connectivity index (χ4v) is 4.44.